The van der Waals surface area contributed by atoms with E-state index in [1.54, 1.807) is 30.3 Å². The Kier molecular flexibility index (Phi) is 4.86. The maximum absolute atomic E-state index is 12.2. The van der Waals surface area contributed by atoms with E-state index in [4.69, 9.17) is 11.6 Å². The van der Waals surface area contributed by atoms with Gasteiger partial charge in [0, 0.05) is 16.0 Å². The summed E-state index contributed by atoms with van der Waals surface area (Å²) in [4.78, 5) is 0.221. The van der Waals surface area contributed by atoms with E-state index < -0.39 is 10.0 Å². The summed E-state index contributed by atoms with van der Waals surface area (Å²) < 4.78 is 27.5. The third-order valence-electron chi connectivity index (χ3n) is 2.83. The Labute approximate surface area is 132 Å². The van der Waals surface area contributed by atoms with Crippen LogP contribution in [0.3, 0.4) is 0 Å². The number of benzene rings is 2. The summed E-state index contributed by atoms with van der Waals surface area (Å²) in [5, 5.41) is 0.627. The molecule has 0 fully saturated rings. The second-order valence-electron chi connectivity index (χ2n) is 4.34. The van der Waals surface area contributed by atoms with Gasteiger partial charge in [-0.15, -0.1) is 0 Å². The molecular weight excluding hydrogens is 362 g/mol. The summed E-state index contributed by atoms with van der Waals surface area (Å²) in [6, 6.07) is 12.2. The molecule has 3 nitrogen and oxygen atoms in total. The quantitative estimate of drug-likeness (QED) is 0.882. The van der Waals surface area contributed by atoms with Crippen LogP contribution >= 0.6 is 27.5 Å². The van der Waals surface area contributed by atoms with Gasteiger partial charge in [-0.25, -0.2) is 13.1 Å². The van der Waals surface area contributed by atoms with E-state index in [1.807, 2.05) is 19.1 Å². The summed E-state index contributed by atoms with van der Waals surface area (Å²) in [6.07, 6.45) is 0. The van der Waals surface area contributed by atoms with Gasteiger partial charge in [0.25, 0.3) is 0 Å². The maximum atomic E-state index is 12.2. The summed E-state index contributed by atoms with van der Waals surface area (Å²) in [7, 11) is -3.55. The first-order chi connectivity index (χ1) is 9.40. The minimum atomic E-state index is -3.55. The lowest BCUT2D eigenvalue weighted by Gasteiger charge is -2.09. The first kappa shape index (κ1) is 15.5. The van der Waals surface area contributed by atoms with Crippen molar-refractivity contribution in [3.8, 4) is 0 Å². The average molecular weight is 375 g/mol. The van der Waals surface area contributed by atoms with Crippen molar-refractivity contribution in [3.05, 3.63) is 63.1 Å². The minimum Gasteiger partial charge on any atom is -0.207 e. The Morgan fingerprint density at radius 1 is 1.20 bits per heavy atom. The fraction of sp³-hybridized carbons (Fsp3) is 0.143. The van der Waals surface area contributed by atoms with Crippen LogP contribution in [0, 0.1) is 6.92 Å². The number of halogens is 2. The van der Waals surface area contributed by atoms with Crippen molar-refractivity contribution in [2.45, 2.75) is 18.4 Å². The zero-order valence-electron chi connectivity index (χ0n) is 10.7. The van der Waals surface area contributed by atoms with Crippen molar-refractivity contribution in [1.82, 2.24) is 4.72 Å². The lowest BCUT2D eigenvalue weighted by molar-refractivity contribution is 0.581. The topological polar surface area (TPSA) is 46.2 Å². The van der Waals surface area contributed by atoms with Gasteiger partial charge in [0.05, 0.1) is 4.90 Å². The Bertz CT molecular complexity index is 732. The molecule has 6 heteroatoms. The predicted molar refractivity (Wildman–Crippen MR) is 84.4 cm³/mol. The number of aryl methyl sites for hydroxylation is 1. The van der Waals surface area contributed by atoms with Gasteiger partial charge in [-0.05, 0) is 52.2 Å². The van der Waals surface area contributed by atoms with E-state index >= 15 is 0 Å². The van der Waals surface area contributed by atoms with Crippen LogP contribution in [0.4, 0.5) is 0 Å². The molecule has 0 aliphatic rings. The molecule has 0 saturated carbocycles. The van der Waals surface area contributed by atoms with Gasteiger partial charge in [0.15, 0.2) is 0 Å². The molecule has 0 unspecified atom stereocenters. The Morgan fingerprint density at radius 2 is 1.90 bits per heavy atom. The van der Waals surface area contributed by atoms with Crippen LogP contribution in [0.15, 0.2) is 51.8 Å². The molecule has 0 amide bonds. The molecular formula is C14H13BrClNO2S. The molecule has 0 heterocycles. The van der Waals surface area contributed by atoms with Crippen LogP contribution in [0.25, 0.3) is 0 Å². The highest BCUT2D eigenvalue weighted by molar-refractivity contribution is 9.10. The number of sulfonamides is 1. The third-order valence-corrected chi connectivity index (χ3v) is 5.65. The molecule has 106 valence electrons. The van der Waals surface area contributed by atoms with Gasteiger partial charge < -0.3 is 0 Å². The van der Waals surface area contributed by atoms with E-state index in [2.05, 4.69) is 20.7 Å². The lowest BCUT2D eigenvalue weighted by atomic mass is 10.1. The number of hydrogen-bond acceptors (Lipinski definition) is 2. The van der Waals surface area contributed by atoms with E-state index in [0.29, 0.717) is 9.50 Å². The highest BCUT2D eigenvalue weighted by Crippen LogP contribution is 2.21. The van der Waals surface area contributed by atoms with Crippen molar-refractivity contribution >= 4 is 37.6 Å². The Balaban J connectivity index is 2.17. The molecule has 0 aromatic heterocycles. The fourth-order valence-corrected chi connectivity index (χ4v) is 3.89. The van der Waals surface area contributed by atoms with Crippen LogP contribution < -0.4 is 4.72 Å². The van der Waals surface area contributed by atoms with Gasteiger partial charge in [-0.1, -0.05) is 35.9 Å². The molecule has 20 heavy (non-hydrogen) atoms. The van der Waals surface area contributed by atoms with Crippen molar-refractivity contribution in [2.24, 2.45) is 0 Å². The van der Waals surface area contributed by atoms with E-state index in [0.717, 1.165) is 11.1 Å². The minimum absolute atomic E-state index is 0.198. The molecule has 0 radical (unpaired) electrons. The smallest absolute Gasteiger partial charge is 0.207 e. The second-order valence-corrected chi connectivity index (χ2v) is 7.34. The molecule has 0 saturated heterocycles. The molecule has 0 spiro atoms. The average Bonchev–Trinajstić information content (AvgIpc) is 2.40. The molecule has 0 bridgehead atoms. The van der Waals surface area contributed by atoms with Gasteiger partial charge in [0.1, 0.15) is 0 Å². The fourth-order valence-electron chi connectivity index (χ4n) is 1.67. The second kappa shape index (κ2) is 6.26. The maximum Gasteiger partial charge on any atom is 0.241 e. The summed E-state index contributed by atoms with van der Waals surface area (Å²) in [5.74, 6) is 0. The normalized spacial score (nSPS) is 11.6. The van der Waals surface area contributed by atoms with E-state index in [1.165, 1.54) is 0 Å². The van der Waals surface area contributed by atoms with Crippen LogP contribution in [-0.4, -0.2) is 8.42 Å². The van der Waals surface area contributed by atoms with Gasteiger partial charge in [-0.3, -0.25) is 0 Å². The van der Waals surface area contributed by atoms with Crippen LogP contribution in [0.2, 0.25) is 5.02 Å². The lowest BCUT2D eigenvalue weighted by Crippen LogP contribution is -2.23. The standard InChI is InChI=1S/C14H13BrClNO2S/c1-10-6-7-11(8-13(10)16)9-17-20(18,19)14-5-3-2-4-12(14)15/h2-8,17H,9H2,1H3. The van der Waals surface area contributed by atoms with Gasteiger partial charge in [-0.2, -0.15) is 0 Å². The SMILES string of the molecule is Cc1ccc(CNS(=O)(=O)c2ccccc2Br)cc1Cl. The van der Waals surface area contributed by atoms with Crippen molar-refractivity contribution in [3.63, 3.8) is 0 Å². The number of rotatable bonds is 4. The van der Waals surface area contributed by atoms with Gasteiger partial charge in [0.2, 0.25) is 10.0 Å². The largest absolute Gasteiger partial charge is 0.241 e. The first-order valence-electron chi connectivity index (χ1n) is 5.89. The molecule has 2 aromatic rings. The molecule has 0 aliphatic carbocycles. The molecule has 2 aromatic carbocycles. The van der Waals surface area contributed by atoms with Crippen molar-refractivity contribution < 1.29 is 8.42 Å². The Hall–Kier alpha value is -0.880. The molecule has 2 rings (SSSR count). The monoisotopic (exact) mass is 373 g/mol. The highest BCUT2D eigenvalue weighted by Gasteiger charge is 2.16. The Morgan fingerprint density at radius 3 is 2.55 bits per heavy atom. The highest BCUT2D eigenvalue weighted by atomic mass is 79.9. The number of nitrogens with one attached hydrogen (secondary N) is 1. The van der Waals surface area contributed by atoms with Crippen molar-refractivity contribution in [2.75, 3.05) is 0 Å². The molecule has 0 aliphatic heterocycles. The predicted octanol–water partition coefficient (Wildman–Crippen LogP) is 3.89. The molecule has 1 N–H and O–H groups in total. The summed E-state index contributed by atoms with van der Waals surface area (Å²) >= 11 is 9.26. The van der Waals surface area contributed by atoms with Crippen LogP contribution in [0.5, 0.6) is 0 Å². The van der Waals surface area contributed by atoms with Crippen LogP contribution in [0.1, 0.15) is 11.1 Å². The van der Waals surface area contributed by atoms with E-state index in [9.17, 15) is 8.42 Å². The third kappa shape index (κ3) is 3.61. The van der Waals surface area contributed by atoms with Crippen molar-refractivity contribution in [1.29, 1.82) is 0 Å². The van der Waals surface area contributed by atoms with E-state index in [-0.39, 0.29) is 11.4 Å². The van der Waals surface area contributed by atoms with Crippen LogP contribution in [-0.2, 0) is 16.6 Å². The zero-order chi connectivity index (χ0) is 14.8. The molecule has 0 atom stereocenters. The first-order valence-corrected chi connectivity index (χ1v) is 8.55. The van der Waals surface area contributed by atoms with Gasteiger partial charge >= 0.3 is 0 Å². The summed E-state index contributed by atoms with van der Waals surface area (Å²) in [5.41, 5.74) is 1.78. The summed E-state index contributed by atoms with van der Waals surface area (Å²) in [6.45, 7) is 2.10. The number of hydrogen-bond donors (Lipinski definition) is 1. The zero-order valence-corrected chi connectivity index (χ0v) is 13.9.